The van der Waals surface area contributed by atoms with Crippen molar-refractivity contribution in [1.82, 2.24) is 0 Å². The average molecular weight is 236 g/mol. The van der Waals surface area contributed by atoms with Gasteiger partial charge in [0.15, 0.2) is 0 Å². The Balaban J connectivity index is 3.34. The molecule has 0 atom stereocenters. The van der Waals surface area contributed by atoms with Crippen molar-refractivity contribution in [2.75, 3.05) is 0 Å². The van der Waals surface area contributed by atoms with Gasteiger partial charge < -0.3 is 5.11 Å². The maximum absolute atomic E-state index is 10.8. The normalized spacial score (nSPS) is 11.3. The molecule has 3 N–H and O–H groups in total. The van der Waals surface area contributed by atoms with Crippen molar-refractivity contribution in [3.63, 3.8) is 0 Å². The summed E-state index contributed by atoms with van der Waals surface area (Å²) in [5.74, 6) is -1.23. The van der Waals surface area contributed by atoms with Crippen LogP contribution >= 0.6 is 11.6 Å². The van der Waals surface area contributed by atoms with Crippen molar-refractivity contribution >= 4 is 27.6 Å². The van der Waals surface area contributed by atoms with Crippen LogP contribution in [0.5, 0.6) is 0 Å². The minimum absolute atomic E-state index is 0.163. The number of rotatable bonds is 2. The van der Waals surface area contributed by atoms with Gasteiger partial charge in [0.05, 0.1) is 15.5 Å². The topological polar surface area (TPSA) is 97.5 Å². The highest BCUT2D eigenvalue weighted by atomic mass is 35.5. The fraction of sp³-hybridized carbons (Fsp3) is 0. The molecule has 0 saturated heterocycles. The Hall–Kier alpha value is -1.11. The number of hydrogen-bond donors (Lipinski definition) is 2. The molecule has 14 heavy (non-hydrogen) atoms. The molecule has 0 unspecified atom stereocenters. The summed E-state index contributed by atoms with van der Waals surface area (Å²) in [5, 5.41) is 13.2. The number of carboxylic acids is 1. The van der Waals surface area contributed by atoms with Crippen LogP contribution in [-0.2, 0) is 10.0 Å². The molecular formula is C7H6ClNO4S. The van der Waals surface area contributed by atoms with Crippen LogP contribution in [0.1, 0.15) is 10.4 Å². The molecule has 0 fully saturated rings. The highest BCUT2D eigenvalue weighted by molar-refractivity contribution is 7.89. The Morgan fingerprint density at radius 3 is 2.36 bits per heavy atom. The summed E-state index contributed by atoms with van der Waals surface area (Å²) >= 11 is 5.53. The summed E-state index contributed by atoms with van der Waals surface area (Å²) < 4.78 is 21.7. The van der Waals surface area contributed by atoms with Crippen LogP contribution in [0.25, 0.3) is 0 Å². The Kier molecular flexibility index (Phi) is 2.79. The maximum atomic E-state index is 10.8. The molecule has 0 aliphatic heterocycles. The molecule has 0 amide bonds. The van der Waals surface area contributed by atoms with Gasteiger partial charge in [0.1, 0.15) is 0 Å². The van der Waals surface area contributed by atoms with Gasteiger partial charge in [-0.05, 0) is 18.2 Å². The molecule has 1 aromatic carbocycles. The predicted octanol–water partition coefficient (Wildman–Crippen LogP) is 0.686. The molecule has 0 spiro atoms. The second kappa shape index (κ2) is 3.56. The molecular weight excluding hydrogens is 230 g/mol. The molecule has 0 saturated carbocycles. The number of aromatic carboxylic acids is 1. The van der Waals surface area contributed by atoms with Crippen LogP contribution in [0.2, 0.25) is 5.02 Å². The zero-order valence-corrected chi connectivity index (χ0v) is 8.34. The van der Waals surface area contributed by atoms with Gasteiger partial charge in [0.2, 0.25) is 10.0 Å². The van der Waals surface area contributed by atoms with E-state index in [4.69, 9.17) is 21.8 Å². The summed E-state index contributed by atoms with van der Waals surface area (Å²) in [5.41, 5.74) is -0.168. The van der Waals surface area contributed by atoms with E-state index in [1.807, 2.05) is 0 Å². The molecule has 0 radical (unpaired) electrons. The number of carboxylic acid groups (broad SMARTS) is 1. The second-order valence-electron chi connectivity index (χ2n) is 2.49. The van der Waals surface area contributed by atoms with E-state index in [2.05, 4.69) is 0 Å². The molecule has 5 nitrogen and oxygen atoms in total. The quantitative estimate of drug-likeness (QED) is 0.788. The lowest BCUT2D eigenvalue weighted by Gasteiger charge is -2.01. The highest BCUT2D eigenvalue weighted by Crippen LogP contribution is 2.19. The minimum atomic E-state index is -3.85. The van der Waals surface area contributed by atoms with E-state index in [0.717, 1.165) is 18.2 Å². The number of nitrogens with two attached hydrogens (primary N) is 1. The Bertz CT molecular complexity index is 482. The van der Waals surface area contributed by atoms with E-state index in [0.29, 0.717) is 0 Å². The zero-order chi connectivity index (χ0) is 10.9. The van der Waals surface area contributed by atoms with E-state index in [9.17, 15) is 13.2 Å². The third-order valence-electron chi connectivity index (χ3n) is 1.50. The van der Waals surface area contributed by atoms with Gasteiger partial charge in [-0.15, -0.1) is 0 Å². The maximum Gasteiger partial charge on any atom is 0.337 e. The smallest absolute Gasteiger partial charge is 0.337 e. The number of hydrogen-bond acceptors (Lipinski definition) is 3. The fourth-order valence-corrected chi connectivity index (χ4v) is 1.71. The van der Waals surface area contributed by atoms with Crippen LogP contribution in [0.4, 0.5) is 0 Å². The van der Waals surface area contributed by atoms with Crippen LogP contribution < -0.4 is 5.14 Å². The molecule has 7 heteroatoms. The third kappa shape index (κ3) is 2.22. The van der Waals surface area contributed by atoms with Crippen molar-refractivity contribution in [3.8, 4) is 0 Å². The van der Waals surface area contributed by atoms with Crippen LogP contribution in [0.3, 0.4) is 0 Å². The van der Waals surface area contributed by atoms with Crippen molar-refractivity contribution in [1.29, 1.82) is 0 Å². The first kappa shape index (κ1) is 11.0. The first-order valence-electron chi connectivity index (χ1n) is 3.38. The second-order valence-corrected chi connectivity index (χ2v) is 4.46. The molecule has 0 aliphatic carbocycles. The van der Waals surface area contributed by atoms with E-state index >= 15 is 0 Å². The number of benzene rings is 1. The Labute approximate surface area is 85.2 Å². The number of sulfonamides is 1. The van der Waals surface area contributed by atoms with Gasteiger partial charge in [-0.2, -0.15) is 0 Å². The lowest BCUT2D eigenvalue weighted by Crippen LogP contribution is -2.12. The standard InChI is InChI=1S/C7H6ClNO4S/c8-6-3-4(14(9,12)13)1-2-5(6)7(10)11/h1-3H,(H,10,11)(H2,9,12,13). The predicted molar refractivity (Wildman–Crippen MR) is 49.8 cm³/mol. The van der Waals surface area contributed by atoms with E-state index in [-0.39, 0.29) is 15.5 Å². The Morgan fingerprint density at radius 2 is 2.00 bits per heavy atom. The number of carbonyl (C=O) groups is 1. The molecule has 1 aromatic rings. The van der Waals surface area contributed by atoms with E-state index in [1.54, 1.807) is 0 Å². The lowest BCUT2D eigenvalue weighted by molar-refractivity contribution is 0.0697. The van der Waals surface area contributed by atoms with E-state index < -0.39 is 16.0 Å². The van der Waals surface area contributed by atoms with Crippen LogP contribution in [-0.4, -0.2) is 19.5 Å². The van der Waals surface area contributed by atoms with Crippen LogP contribution in [0.15, 0.2) is 23.1 Å². The first-order chi connectivity index (χ1) is 6.32. The lowest BCUT2D eigenvalue weighted by atomic mass is 10.2. The van der Waals surface area contributed by atoms with Gasteiger partial charge >= 0.3 is 5.97 Å². The van der Waals surface area contributed by atoms with Gasteiger partial charge in [0.25, 0.3) is 0 Å². The van der Waals surface area contributed by atoms with Crippen LogP contribution in [0, 0.1) is 0 Å². The van der Waals surface area contributed by atoms with Gasteiger partial charge in [-0.1, -0.05) is 11.6 Å². The first-order valence-corrected chi connectivity index (χ1v) is 5.30. The van der Waals surface area contributed by atoms with Crippen molar-refractivity contribution in [2.24, 2.45) is 5.14 Å². The van der Waals surface area contributed by atoms with E-state index in [1.165, 1.54) is 0 Å². The van der Waals surface area contributed by atoms with Gasteiger partial charge in [-0.3, -0.25) is 0 Å². The SMILES string of the molecule is NS(=O)(=O)c1ccc(C(=O)O)c(Cl)c1. The van der Waals surface area contributed by atoms with Crippen molar-refractivity contribution < 1.29 is 18.3 Å². The summed E-state index contributed by atoms with van der Waals surface area (Å²) in [6.07, 6.45) is 0. The summed E-state index contributed by atoms with van der Waals surface area (Å²) in [4.78, 5) is 10.3. The van der Waals surface area contributed by atoms with Crippen molar-refractivity contribution in [3.05, 3.63) is 28.8 Å². The molecule has 0 bridgehead atoms. The summed E-state index contributed by atoms with van der Waals surface area (Å²) in [6.45, 7) is 0. The summed E-state index contributed by atoms with van der Waals surface area (Å²) in [6, 6.07) is 3.18. The summed E-state index contributed by atoms with van der Waals surface area (Å²) in [7, 11) is -3.85. The molecule has 0 aromatic heterocycles. The number of primary sulfonamides is 1. The Morgan fingerprint density at radius 1 is 1.43 bits per heavy atom. The molecule has 76 valence electrons. The minimum Gasteiger partial charge on any atom is -0.478 e. The molecule has 0 heterocycles. The number of halogens is 1. The van der Waals surface area contributed by atoms with Crippen molar-refractivity contribution in [2.45, 2.75) is 4.90 Å². The fourth-order valence-electron chi connectivity index (χ4n) is 0.846. The average Bonchev–Trinajstić information content (AvgIpc) is 2.01. The largest absolute Gasteiger partial charge is 0.478 e. The molecule has 0 aliphatic rings. The van der Waals surface area contributed by atoms with Gasteiger partial charge in [-0.25, -0.2) is 18.4 Å². The highest BCUT2D eigenvalue weighted by Gasteiger charge is 2.13. The molecule has 1 rings (SSSR count). The monoisotopic (exact) mass is 235 g/mol. The third-order valence-corrected chi connectivity index (χ3v) is 2.72. The van der Waals surface area contributed by atoms with Gasteiger partial charge in [0, 0.05) is 0 Å². The zero-order valence-electron chi connectivity index (χ0n) is 6.77.